The highest BCUT2D eigenvalue weighted by Crippen LogP contribution is 2.27. The molecule has 0 spiro atoms. The molecular weight excluding hydrogens is 416 g/mol. The number of benzene rings is 3. The SMILES string of the molecule is CN1C(=O)[C@H](NC(=O)Nc2cccc(C(C)(C)O)c2)N=C(c2ccccc2)c2ccccc21. The minimum absolute atomic E-state index is 0.353. The summed E-state index contributed by atoms with van der Waals surface area (Å²) in [5, 5.41) is 15.7. The van der Waals surface area contributed by atoms with Gasteiger partial charge in [0.15, 0.2) is 0 Å². The summed E-state index contributed by atoms with van der Waals surface area (Å²) < 4.78 is 0. The lowest BCUT2D eigenvalue weighted by atomic mass is 9.98. The number of nitrogens with zero attached hydrogens (tertiary/aromatic N) is 2. The first-order chi connectivity index (χ1) is 15.7. The van der Waals surface area contributed by atoms with Crippen LogP contribution in [-0.2, 0) is 10.4 Å². The number of likely N-dealkylation sites (N-methyl/N-ethyl adjacent to an activating group) is 1. The topological polar surface area (TPSA) is 94.0 Å². The van der Waals surface area contributed by atoms with Crippen LogP contribution < -0.4 is 15.5 Å². The van der Waals surface area contributed by atoms with Gasteiger partial charge >= 0.3 is 6.03 Å². The molecule has 1 heterocycles. The van der Waals surface area contributed by atoms with E-state index < -0.39 is 17.8 Å². The number of carbonyl (C=O) groups excluding carboxylic acids is 2. The fraction of sp³-hybridized carbons (Fsp3) is 0.192. The summed E-state index contributed by atoms with van der Waals surface area (Å²) >= 11 is 0. The molecule has 3 aromatic rings. The van der Waals surface area contributed by atoms with Crippen molar-refractivity contribution in [2.45, 2.75) is 25.6 Å². The average Bonchev–Trinajstić information content (AvgIpc) is 2.90. The van der Waals surface area contributed by atoms with Gasteiger partial charge in [0, 0.05) is 23.9 Å². The second-order valence-electron chi connectivity index (χ2n) is 8.40. The Bertz CT molecular complexity index is 1220. The molecule has 1 atom stereocenters. The quantitative estimate of drug-likeness (QED) is 0.572. The Kier molecular flexibility index (Phi) is 5.98. The Labute approximate surface area is 192 Å². The third-order valence-electron chi connectivity index (χ3n) is 5.49. The summed E-state index contributed by atoms with van der Waals surface area (Å²) in [6.07, 6.45) is -1.12. The maximum absolute atomic E-state index is 13.2. The van der Waals surface area contributed by atoms with E-state index in [4.69, 9.17) is 0 Å². The normalized spacial score (nSPS) is 15.9. The standard InChI is InChI=1S/C26H26N4O3/c1-26(2,33)18-12-9-13-19(16-18)27-25(32)29-23-24(31)30(3)21-15-8-7-14-20(21)22(28-23)17-10-5-4-6-11-17/h4-16,23,33H,1-3H3,(H2,27,29,32)/t23-/m0/s1. The van der Waals surface area contributed by atoms with Crippen molar-refractivity contribution in [2.24, 2.45) is 4.99 Å². The highest BCUT2D eigenvalue weighted by molar-refractivity contribution is 6.20. The van der Waals surface area contributed by atoms with Gasteiger partial charge in [0.1, 0.15) is 0 Å². The van der Waals surface area contributed by atoms with E-state index in [1.165, 1.54) is 4.90 Å². The molecule has 3 aromatic carbocycles. The fourth-order valence-electron chi connectivity index (χ4n) is 3.71. The van der Waals surface area contributed by atoms with E-state index in [1.807, 2.05) is 54.6 Å². The second-order valence-corrected chi connectivity index (χ2v) is 8.40. The first kappa shape index (κ1) is 22.2. The number of nitrogens with one attached hydrogen (secondary N) is 2. The van der Waals surface area contributed by atoms with Crippen LogP contribution in [0, 0.1) is 0 Å². The van der Waals surface area contributed by atoms with Gasteiger partial charge in [-0.2, -0.15) is 0 Å². The average molecular weight is 443 g/mol. The summed E-state index contributed by atoms with van der Waals surface area (Å²) in [5.41, 5.74) is 3.10. The molecule has 3 N–H and O–H groups in total. The molecule has 0 unspecified atom stereocenters. The van der Waals surface area contributed by atoms with Gasteiger partial charge in [-0.3, -0.25) is 4.79 Å². The van der Waals surface area contributed by atoms with Gasteiger partial charge in [0.25, 0.3) is 5.91 Å². The van der Waals surface area contributed by atoms with Crippen molar-refractivity contribution < 1.29 is 14.7 Å². The second kappa shape index (κ2) is 8.88. The Morgan fingerprint density at radius 3 is 2.42 bits per heavy atom. The first-order valence-corrected chi connectivity index (χ1v) is 10.6. The van der Waals surface area contributed by atoms with Crippen LogP contribution in [0.25, 0.3) is 0 Å². The number of benzodiazepines with no additional fused rings is 1. The maximum atomic E-state index is 13.2. The number of hydrogen-bond donors (Lipinski definition) is 3. The minimum atomic E-state index is -1.12. The Morgan fingerprint density at radius 1 is 1.00 bits per heavy atom. The molecular formula is C26H26N4O3. The van der Waals surface area contributed by atoms with Crippen molar-refractivity contribution in [3.63, 3.8) is 0 Å². The van der Waals surface area contributed by atoms with Crippen LogP contribution in [0.3, 0.4) is 0 Å². The summed E-state index contributed by atoms with van der Waals surface area (Å²) in [6.45, 7) is 3.34. The molecule has 4 rings (SSSR count). The lowest BCUT2D eigenvalue weighted by Crippen LogP contribution is -2.47. The Balaban J connectivity index is 1.65. The lowest BCUT2D eigenvalue weighted by Gasteiger charge is -2.21. The zero-order valence-electron chi connectivity index (χ0n) is 18.7. The predicted octanol–water partition coefficient (Wildman–Crippen LogP) is 3.88. The van der Waals surface area contributed by atoms with E-state index in [2.05, 4.69) is 15.6 Å². The Hall–Kier alpha value is -3.97. The number of urea groups is 1. The molecule has 0 radical (unpaired) electrons. The third-order valence-corrected chi connectivity index (χ3v) is 5.49. The van der Waals surface area contributed by atoms with Crippen LogP contribution in [0.2, 0.25) is 0 Å². The van der Waals surface area contributed by atoms with E-state index >= 15 is 0 Å². The molecule has 0 saturated carbocycles. The number of carbonyl (C=O) groups is 2. The molecule has 1 aliphatic rings. The lowest BCUT2D eigenvalue weighted by molar-refractivity contribution is -0.119. The largest absolute Gasteiger partial charge is 0.386 e. The summed E-state index contributed by atoms with van der Waals surface area (Å²) in [4.78, 5) is 32.2. The van der Waals surface area contributed by atoms with Crippen LogP contribution >= 0.6 is 0 Å². The smallest absolute Gasteiger partial charge is 0.321 e. The van der Waals surface area contributed by atoms with Gasteiger partial charge in [0.05, 0.1) is 17.0 Å². The molecule has 168 valence electrons. The molecule has 0 bridgehead atoms. The van der Waals surface area contributed by atoms with Gasteiger partial charge in [-0.05, 0) is 37.6 Å². The van der Waals surface area contributed by atoms with Gasteiger partial charge < -0.3 is 20.6 Å². The van der Waals surface area contributed by atoms with Gasteiger partial charge in [-0.25, -0.2) is 9.79 Å². The number of rotatable bonds is 4. The summed E-state index contributed by atoms with van der Waals surface area (Å²) in [7, 11) is 1.67. The molecule has 33 heavy (non-hydrogen) atoms. The van der Waals surface area contributed by atoms with Gasteiger partial charge in [0.2, 0.25) is 6.17 Å². The predicted molar refractivity (Wildman–Crippen MR) is 130 cm³/mol. The van der Waals surface area contributed by atoms with Crippen molar-refractivity contribution in [1.82, 2.24) is 5.32 Å². The van der Waals surface area contributed by atoms with Crippen LogP contribution in [0.15, 0.2) is 83.9 Å². The summed E-state index contributed by atoms with van der Waals surface area (Å²) in [6, 6.07) is 23.4. The van der Waals surface area contributed by atoms with E-state index in [0.29, 0.717) is 22.6 Å². The van der Waals surface area contributed by atoms with Crippen LogP contribution in [0.4, 0.5) is 16.2 Å². The van der Waals surface area contributed by atoms with Crippen molar-refractivity contribution in [3.8, 4) is 0 Å². The zero-order chi connectivity index (χ0) is 23.6. The molecule has 0 saturated heterocycles. The molecule has 3 amide bonds. The number of aliphatic imine (C=N–C) groups is 1. The molecule has 0 aromatic heterocycles. The zero-order valence-corrected chi connectivity index (χ0v) is 18.7. The molecule has 1 aliphatic heterocycles. The van der Waals surface area contributed by atoms with E-state index in [9.17, 15) is 14.7 Å². The number of aliphatic hydroxyl groups is 1. The first-order valence-electron chi connectivity index (χ1n) is 10.6. The maximum Gasteiger partial charge on any atom is 0.321 e. The number of fused-ring (bicyclic) bond motifs is 1. The van der Waals surface area contributed by atoms with Crippen LogP contribution in [-0.4, -0.2) is 36.0 Å². The highest BCUT2D eigenvalue weighted by atomic mass is 16.3. The van der Waals surface area contributed by atoms with E-state index in [0.717, 1.165) is 11.1 Å². The summed E-state index contributed by atoms with van der Waals surface area (Å²) in [5.74, 6) is -0.353. The van der Waals surface area contributed by atoms with E-state index in [-0.39, 0.29) is 5.91 Å². The van der Waals surface area contributed by atoms with E-state index in [1.54, 1.807) is 45.2 Å². The molecule has 7 nitrogen and oxygen atoms in total. The third kappa shape index (κ3) is 4.78. The number of para-hydroxylation sites is 1. The molecule has 7 heteroatoms. The molecule has 0 fully saturated rings. The van der Waals surface area contributed by atoms with Crippen molar-refractivity contribution >= 4 is 29.0 Å². The van der Waals surface area contributed by atoms with Crippen LogP contribution in [0.5, 0.6) is 0 Å². The van der Waals surface area contributed by atoms with Gasteiger partial charge in [-0.1, -0.05) is 60.7 Å². The Morgan fingerprint density at radius 2 is 1.70 bits per heavy atom. The van der Waals surface area contributed by atoms with Gasteiger partial charge in [-0.15, -0.1) is 0 Å². The number of hydrogen-bond acceptors (Lipinski definition) is 4. The van der Waals surface area contributed by atoms with Crippen molar-refractivity contribution in [1.29, 1.82) is 0 Å². The number of anilines is 2. The highest BCUT2D eigenvalue weighted by Gasteiger charge is 2.31. The fourth-order valence-corrected chi connectivity index (χ4v) is 3.71. The number of amides is 3. The van der Waals surface area contributed by atoms with Crippen molar-refractivity contribution in [2.75, 3.05) is 17.3 Å². The van der Waals surface area contributed by atoms with Crippen molar-refractivity contribution in [3.05, 3.63) is 95.6 Å². The monoisotopic (exact) mass is 442 g/mol. The minimum Gasteiger partial charge on any atom is -0.386 e. The van der Waals surface area contributed by atoms with Crippen LogP contribution in [0.1, 0.15) is 30.5 Å². The molecule has 0 aliphatic carbocycles.